The average molecular weight is 488 g/mol. The molecule has 2 aromatic carbocycles. The fourth-order valence-corrected chi connectivity index (χ4v) is 3.59. The summed E-state index contributed by atoms with van der Waals surface area (Å²) in [5.41, 5.74) is -1.29. The van der Waals surface area contributed by atoms with Crippen LogP contribution in [0.4, 0.5) is 13.2 Å². The molecule has 0 saturated carbocycles. The maximum Gasteiger partial charge on any atom is 0.435 e. The first kappa shape index (κ1) is 19.8. The van der Waals surface area contributed by atoms with Crippen LogP contribution in [0.25, 0.3) is 0 Å². The zero-order valence-corrected chi connectivity index (χ0v) is 16.9. The van der Waals surface area contributed by atoms with Crippen molar-refractivity contribution in [2.45, 2.75) is 25.1 Å². The van der Waals surface area contributed by atoms with Crippen LogP contribution in [0.3, 0.4) is 0 Å². The van der Waals surface area contributed by atoms with Crippen molar-refractivity contribution in [3.63, 3.8) is 0 Å². The molecule has 138 valence electrons. The molecule has 0 saturated heterocycles. The van der Waals surface area contributed by atoms with E-state index in [9.17, 15) is 13.2 Å². The Morgan fingerprint density at radius 2 is 1.73 bits per heavy atom. The van der Waals surface area contributed by atoms with Crippen LogP contribution in [0.5, 0.6) is 0 Å². The number of aryl methyl sites for hydroxylation is 1. The van der Waals surface area contributed by atoms with Gasteiger partial charge in [0.05, 0.1) is 20.8 Å². The smallest absolute Gasteiger partial charge is 0.374 e. The van der Waals surface area contributed by atoms with Crippen LogP contribution < -0.4 is 0 Å². The van der Waals surface area contributed by atoms with Gasteiger partial charge in [0.15, 0.2) is 0 Å². The van der Waals surface area contributed by atoms with Gasteiger partial charge in [-0.3, -0.25) is 0 Å². The van der Waals surface area contributed by atoms with Crippen molar-refractivity contribution in [2.24, 2.45) is 5.16 Å². The highest BCUT2D eigenvalue weighted by Crippen LogP contribution is 2.50. The molecule has 26 heavy (non-hydrogen) atoms. The van der Waals surface area contributed by atoms with Gasteiger partial charge in [0, 0.05) is 22.0 Å². The largest absolute Gasteiger partial charge is 0.435 e. The van der Waals surface area contributed by atoms with Crippen molar-refractivity contribution in [1.82, 2.24) is 0 Å². The number of nitrogens with zero attached hydrogens (tertiary/aromatic N) is 1. The Morgan fingerprint density at radius 1 is 1.12 bits per heavy atom. The minimum atomic E-state index is -4.75. The van der Waals surface area contributed by atoms with Gasteiger partial charge in [0.1, 0.15) is 0 Å². The van der Waals surface area contributed by atoms with E-state index in [-0.39, 0.29) is 26.3 Å². The molecule has 1 heterocycles. The molecule has 0 N–H and O–H groups in total. The van der Waals surface area contributed by atoms with E-state index in [2.05, 4.69) is 21.1 Å². The molecule has 0 fully saturated rings. The second kappa shape index (κ2) is 6.89. The zero-order valence-electron chi connectivity index (χ0n) is 13.1. The standard InChI is InChI=1S/C17H10BrCl3F3NO/c1-8-2-3-9(4-11(8)18)14-7-16(26-25-14,17(22,23)24)10-5-12(19)15(21)13(20)6-10/h2-6H,7H2,1H3. The monoisotopic (exact) mass is 485 g/mol. The summed E-state index contributed by atoms with van der Waals surface area (Å²) in [6.07, 6.45) is -5.26. The van der Waals surface area contributed by atoms with Gasteiger partial charge in [-0.1, -0.05) is 68.0 Å². The predicted octanol–water partition coefficient (Wildman–Crippen LogP) is 7.30. The second-order valence-corrected chi connectivity index (χ2v) is 7.90. The first-order valence-corrected chi connectivity index (χ1v) is 9.21. The fourth-order valence-electron chi connectivity index (χ4n) is 2.62. The molecule has 1 unspecified atom stereocenters. The third kappa shape index (κ3) is 3.33. The molecule has 0 spiro atoms. The lowest BCUT2D eigenvalue weighted by Gasteiger charge is -2.30. The van der Waals surface area contributed by atoms with E-state index in [1.54, 1.807) is 18.2 Å². The Morgan fingerprint density at radius 3 is 2.27 bits per heavy atom. The number of alkyl halides is 3. The van der Waals surface area contributed by atoms with Crippen molar-refractivity contribution >= 4 is 56.4 Å². The summed E-state index contributed by atoms with van der Waals surface area (Å²) in [5.74, 6) is 0. The van der Waals surface area contributed by atoms with Crippen molar-refractivity contribution < 1.29 is 18.0 Å². The Hall–Kier alpha value is -0.950. The van der Waals surface area contributed by atoms with E-state index in [0.717, 1.165) is 22.2 Å². The zero-order chi connectivity index (χ0) is 19.3. The van der Waals surface area contributed by atoms with Gasteiger partial charge in [0.25, 0.3) is 5.60 Å². The van der Waals surface area contributed by atoms with E-state index in [0.29, 0.717) is 5.56 Å². The number of hydrogen-bond acceptors (Lipinski definition) is 2. The summed E-state index contributed by atoms with van der Waals surface area (Å²) < 4.78 is 42.7. The number of oxime groups is 1. The van der Waals surface area contributed by atoms with Crippen LogP contribution in [0.2, 0.25) is 15.1 Å². The third-order valence-electron chi connectivity index (χ3n) is 4.14. The molecule has 9 heteroatoms. The van der Waals surface area contributed by atoms with E-state index >= 15 is 0 Å². The number of hydrogen-bond donors (Lipinski definition) is 0. The number of halogens is 7. The van der Waals surface area contributed by atoms with Gasteiger partial charge in [0.2, 0.25) is 0 Å². The van der Waals surface area contributed by atoms with E-state index < -0.39 is 18.2 Å². The molecule has 0 aromatic heterocycles. The molecule has 0 radical (unpaired) electrons. The molecule has 2 aromatic rings. The van der Waals surface area contributed by atoms with Crippen molar-refractivity contribution in [3.05, 3.63) is 66.6 Å². The van der Waals surface area contributed by atoms with Gasteiger partial charge >= 0.3 is 6.18 Å². The first-order chi connectivity index (χ1) is 12.0. The lowest BCUT2D eigenvalue weighted by molar-refractivity contribution is -0.275. The molecule has 0 bridgehead atoms. The van der Waals surface area contributed by atoms with E-state index in [4.69, 9.17) is 39.6 Å². The van der Waals surface area contributed by atoms with Crippen LogP contribution >= 0.6 is 50.7 Å². The highest BCUT2D eigenvalue weighted by molar-refractivity contribution is 9.10. The third-order valence-corrected chi connectivity index (χ3v) is 6.19. The maximum atomic E-state index is 14.0. The summed E-state index contributed by atoms with van der Waals surface area (Å²) in [6, 6.07) is 7.38. The average Bonchev–Trinajstić information content (AvgIpc) is 3.01. The molecule has 0 aliphatic carbocycles. The SMILES string of the molecule is Cc1ccc(C2=NOC(c3cc(Cl)c(Cl)c(Cl)c3)(C(F)(F)F)C2)cc1Br. The molecule has 0 amide bonds. The summed E-state index contributed by atoms with van der Waals surface area (Å²) in [4.78, 5) is 4.97. The minimum absolute atomic E-state index is 0.0176. The van der Waals surface area contributed by atoms with Crippen LogP contribution in [0.1, 0.15) is 23.1 Å². The summed E-state index contributed by atoms with van der Waals surface area (Å²) in [6.45, 7) is 1.87. The highest BCUT2D eigenvalue weighted by Gasteiger charge is 2.62. The Labute approximate surface area is 171 Å². The van der Waals surface area contributed by atoms with Crippen LogP contribution in [-0.4, -0.2) is 11.9 Å². The normalized spacial score (nSPS) is 20.1. The van der Waals surface area contributed by atoms with Crippen LogP contribution in [-0.2, 0) is 10.4 Å². The van der Waals surface area contributed by atoms with Gasteiger partial charge < -0.3 is 4.84 Å². The fraction of sp³-hybridized carbons (Fsp3) is 0.235. The minimum Gasteiger partial charge on any atom is -0.374 e. The lowest BCUT2D eigenvalue weighted by atomic mass is 9.86. The summed E-state index contributed by atoms with van der Waals surface area (Å²) in [7, 11) is 0. The lowest BCUT2D eigenvalue weighted by Crippen LogP contribution is -2.42. The van der Waals surface area contributed by atoms with Crippen molar-refractivity contribution in [1.29, 1.82) is 0 Å². The van der Waals surface area contributed by atoms with Gasteiger partial charge in [-0.2, -0.15) is 13.2 Å². The van der Waals surface area contributed by atoms with Crippen LogP contribution in [0, 0.1) is 6.92 Å². The highest BCUT2D eigenvalue weighted by atomic mass is 79.9. The maximum absolute atomic E-state index is 14.0. The molecule has 1 aliphatic rings. The molecule has 1 aliphatic heterocycles. The molecule has 3 rings (SSSR count). The summed E-state index contributed by atoms with van der Waals surface area (Å²) in [5, 5.41) is 3.51. The van der Waals surface area contributed by atoms with E-state index in [1.807, 2.05) is 6.92 Å². The molecular formula is C17H10BrCl3F3NO. The summed E-state index contributed by atoms with van der Waals surface area (Å²) >= 11 is 21.1. The first-order valence-electron chi connectivity index (χ1n) is 7.28. The van der Waals surface area contributed by atoms with Crippen LogP contribution in [0.15, 0.2) is 40.0 Å². The van der Waals surface area contributed by atoms with Crippen molar-refractivity contribution in [2.75, 3.05) is 0 Å². The number of rotatable bonds is 2. The van der Waals surface area contributed by atoms with Crippen molar-refractivity contribution in [3.8, 4) is 0 Å². The van der Waals surface area contributed by atoms with Gasteiger partial charge in [-0.25, -0.2) is 0 Å². The Bertz CT molecular complexity index is 894. The van der Waals surface area contributed by atoms with E-state index in [1.165, 1.54) is 0 Å². The molecular weight excluding hydrogens is 477 g/mol. The van der Waals surface area contributed by atoms with Gasteiger partial charge in [-0.05, 0) is 30.7 Å². The predicted molar refractivity (Wildman–Crippen MR) is 100 cm³/mol. The topological polar surface area (TPSA) is 21.6 Å². The molecule has 1 atom stereocenters. The van der Waals surface area contributed by atoms with Gasteiger partial charge in [-0.15, -0.1) is 0 Å². The Kier molecular flexibility index (Phi) is 5.25. The number of benzene rings is 2. The Balaban J connectivity index is 2.06. The molecule has 2 nitrogen and oxygen atoms in total. The quantitative estimate of drug-likeness (QED) is 0.408. The second-order valence-electron chi connectivity index (χ2n) is 5.85.